The van der Waals surface area contributed by atoms with Gasteiger partial charge >= 0.3 is 0 Å². The molecular weight excluding hydrogens is 264 g/mol. The average molecular weight is 288 g/mol. The minimum absolute atomic E-state index is 0.0662. The van der Waals surface area contributed by atoms with Crippen molar-refractivity contribution in [3.63, 3.8) is 0 Å². The SMILES string of the molecule is CCNc1ccnc(C(=O)N2CCC(N3CCCC3)C2)c1. The van der Waals surface area contributed by atoms with Crippen LogP contribution in [0.25, 0.3) is 0 Å². The van der Waals surface area contributed by atoms with Gasteiger partial charge in [0.15, 0.2) is 0 Å². The smallest absolute Gasteiger partial charge is 0.272 e. The Morgan fingerprint density at radius 1 is 1.38 bits per heavy atom. The lowest BCUT2D eigenvalue weighted by Crippen LogP contribution is -2.37. The van der Waals surface area contributed by atoms with E-state index in [4.69, 9.17) is 0 Å². The molecular formula is C16H24N4O. The maximum atomic E-state index is 12.6. The summed E-state index contributed by atoms with van der Waals surface area (Å²) in [7, 11) is 0. The second-order valence-corrected chi connectivity index (χ2v) is 5.90. The number of rotatable bonds is 4. The van der Waals surface area contributed by atoms with E-state index in [0.717, 1.165) is 31.7 Å². The highest BCUT2D eigenvalue weighted by molar-refractivity contribution is 5.93. The number of amides is 1. The van der Waals surface area contributed by atoms with Gasteiger partial charge in [-0.25, -0.2) is 0 Å². The molecule has 1 unspecified atom stereocenters. The van der Waals surface area contributed by atoms with Crippen LogP contribution < -0.4 is 5.32 Å². The van der Waals surface area contributed by atoms with Gasteiger partial charge < -0.3 is 10.2 Å². The van der Waals surface area contributed by atoms with Gasteiger partial charge in [-0.15, -0.1) is 0 Å². The molecule has 1 atom stereocenters. The van der Waals surface area contributed by atoms with Crippen LogP contribution in [-0.2, 0) is 0 Å². The van der Waals surface area contributed by atoms with Gasteiger partial charge in [0.05, 0.1) is 0 Å². The van der Waals surface area contributed by atoms with Gasteiger partial charge in [-0.05, 0) is 51.4 Å². The normalized spacial score (nSPS) is 22.7. The van der Waals surface area contributed by atoms with Crippen LogP contribution in [0.5, 0.6) is 0 Å². The first-order valence-electron chi connectivity index (χ1n) is 8.01. The van der Waals surface area contributed by atoms with Crippen LogP contribution >= 0.6 is 0 Å². The number of anilines is 1. The Hall–Kier alpha value is -1.62. The molecule has 0 bridgehead atoms. The van der Waals surface area contributed by atoms with E-state index in [1.165, 1.54) is 25.9 Å². The molecule has 1 aromatic rings. The van der Waals surface area contributed by atoms with Gasteiger partial charge in [0, 0.05) is 37.6 Å². The lowest BCUT2D eigenvalue weighted by atomic mass is 10.2. The van der Waals surface area contributed by atoms with Crippen LogP contribution in [0, 0.1) is 0 Å². The van der Waals surface area contributed by atoms with Gasteiger partial charge in [0.2, 0.25) is 0 Å². The zero-order valence-corrected chi connectivity index (χ0v) is 12.7. The highest BCUT2D eigenvalue weighted by atomic mass is 16.2. The van der Waals surface area contributed by atoms with E-state index < -0.39 is 0 Å². The van der Waals surface area contributed by atoms with Crippen molar-refractivity contribution in [2.45, 2.75) is 32.2 Å². The Morgan fingerprint density at radius 2 is 2.19 bits per heavy atom. The van der Waals surface area contributed by atoms with E-state index in [-0.39, 0.29) is 5.91 Å². The van der Waals surface area contributed by atoms with Gasteiger partial charge in [0.1, 0.15) is 5.69 Å². The maximum Gasteiger partial charge on any atom is 0.272 e. The molecule has 1 aromatic heterocycles. The van der Waals surface area contributed by atoms with Crippen molar-refractivity contribution < 1.29 is 4.79 Å². The second-order valence-electron chi connectivity index (χ2n) is 5.90. The van der Waals surface area contributed by atoms with Crippen molar-refractivity contribution in [2.75, 3.05) is 38.0 Å². The predicted octanol–water partition coefficient (Wildman–Crippen LogP) is 1.82. The van der Waals surface area contributed by atoms with Crippen LogP contribution in [0.15, 0.2) is 18.3 Å². The zero-order valence-electron chi connectivity index (χ0n) is 12.7. The quantitative estimate of drug-likeness (QED) is 0.918. The fraction of sp³-hybridized carbons (Fsp3) is 0.625. The summed E-state index contributed by atoms with van der Waals surface area (Å²) in [6.07, 6.45) is 5.41. The molecule has 0 saturated carbocycles. The average Bonchev–Trinajstić information content (AvgIpc) is 3.18. The number of carbonyl (C=O) groups is 1. The molecule has 0 radical (unpaired) electrons. The summed E-state index contributed by atoms with van der Waals surface area (Å²) < 4.78 is 0. The topological polar surface area (TPSA) is 48.5 Å². The minimum atomic E-state index is 0.0662. The minimum Gasteiger partial charge on any atom is -0.385 e. The van der Waals surface area contributed by atoms with E-state index in [1.54, 1.807) is 6.20 Å². The summed E-state index contributed by atoms with van der Waals surface area (Å²) in [4.78, 5) is 21.3. The van der Waals surface area contributed by atoms with Gasteiger partial charge in [0.25, 0.3) is 5.91 Å². The molecule has 2 aliphatic heterocycles. The van der Waals surface area contributed by atoms with E-state index >= 15 is 0 Å². The summed E-state index contributed by atoms with van der Waals surface area (Å²) in [5, 5.41) is 3.23. The molecule has 2 saturated heterocycles. The van der Waals surface area contributed by atoms with E-state index in [1.807, 2.05) is 24.0 Å². The summed E-state index contributed by atoms with van der Waals surface area (Å²) in [5.41, 5.74) is 1.52. The highest BCUT2D eigenvalue weighted by Gasteiger charge is 2.32. The van der Waals surface area contributed by atoms with Crippen molar-refractivity contribution in [1.82, 2.24) is 14.8 Å². The van der Waals surface area contributed by atoms with Crippen molar-refractivity contribution in [3.05, 3.63) is 24.0 Å². The zero-order chi connectivity index (χ0) is 14.7. The third-order valence-corrected chi connectivity index (χ3v) is 4.47. The van der Waals surface area contributed by atoms with Crippen LogP contribution in [0.4, 0.5) is 5.69 Å². The number of likely N-dealkylation sites (tertiary alicyclic amines) is 2. The summed E-state index contributed by atoms with van der Waals surface area (Å²) in [6, 6.07) is 4.31. The van der Waals surface area contributed by atoms with Crippen LogP contribution in [0.1, 0.15) is 36.7 Å². The van der Waals surface area contributed by atoms with Gasteiger partial charge in [-0.3, -0.25) is 14.7 Å². The highest BCUT2D eigenvalue weighted by Crippen LogP contribution is 2.22. The van der Waals surface area contributed by atoms with E-state index in [9.17, 15) is 4.79 Å². The van der Waals surface area contributed by atoms with Crippen molar-refractivity contribution >= 4 is 11.6 Å². The number of pyridine rings is 1. The van der Waals surface area contributed by atoms with E-state index in [0.29, 0.717) is 11.7 Å². The van der Waals surface area contributed by atoms with Crippen molar-refractivity contribution in [1.29, 1.82) is 0 Å². The Labute approximate surface area is 126 Å². The third-order valence-electron chi connectivity index (χ3n) is 4.47. The first-order chi connectivity index (χ1) is 10.3. The number of nitrogens with zero attached hydrogens (tertiary/aromatic N) is 3. The van der Waals surface area contributed by atoms with Crippen LogP contribution in [0.2, 0.25) is 0 Å². The molecule has 5 heteroatoms. The Kier molecular flexibility index (Phi) is 4.39. The van der Waals surface area contributed by atoms with Crippen LogP contribution in [-0.4, -0.2) is 59.5 Å². The Morgan fingerprint density at radius 3 is 2.95 bits per heavy atom. The fourth-order valence-corrected chi connectivity index (χ4v) is 3.35. The number of hydrogen-bond acceptors (Lipinski definition) is 4. The predicted molar refractivity (Wildman–Crippen MR) is 83.5 cm³/mol. The van der Waals surface area contributed by atoms with Crippen molar-refractivity contribution in [3.8, 4) is 0 Å². The second kappa shape index (κ2) is 6.43. The summed E-state index contributed by atoms with van der Waals surface area (Å²) in [6.45, 7) is 6.99. The molecule has 3 heterocycles. The molecule has 1 amide bonds. The number of carbonyl (C=O) groups excluding carboxylic acids is 1. The number of hydrogen-bond donors (Lipinski definition) is 1. The molecule has 5 nitrogen and oxygen atoms in total. The molecule has 21 heavy (non-hydrogen) atoms. The largest absolute Gasteiger partial charge is 0.385 e. The molecule has 0 aromatic carbocycles. The lowest BCUT2D eigenvalue weighted by Gasteiger charge is -2.23. The molecule has 0 aliphatic carbocycles. The first-order valence-corrected chi connectivity index (χ1v) is 8.01. The van der Waals surface area contributed by atoms with Gasteiger partial charge in [-0.1, -0.05) is 0 Å². The third kappa shape index (κ3) is 3.18. The molecule has 0 spiro atoms. The summed E-state index contributed by atoms with van der Waals surface area (Å²) >= 11 is 0. The monoisotopic (exact) mass is 288 g/mol. The Bertz CT molecular complexity index is 499. The lowest BCUT2D eigenvalue weighted by molar-refractivity contribution is 0.0774. The molecule has 114 valence electrons. The molecule has 2 fully saturated rings. The summed E-state index contributed by atoms with van der Waals surface area (Å²) in [5.74, 6) is 0.0662. The van der Waals surface area contributed by atoms with Crippen LogP contribution in [0.3, 0.4) is 0 Å². The Balaban J connectivity index is 1.64. The number of aromatic nitrogens is 1. The van der Waals surface area contributed by atoms with Crippen molar-refractivity contribution in [2.24, 2.45) is 0 Å². The first kappa shape index (κ1) is 14.3. The molecule has 3 rings (SSSR count). The molecule has 2 aliphatic rings. The van der Waals surface area contributed by atoms with E-state index in [2.05, 4.69) is 15.2 Å². The standard InChI is InChI=1S/C16H24N4O/c1-2-17-13-5-7-18-15(11-13)16(21)20-10-6-14(12-20)19-8-3-4-9-19/h5,7,11,14H,2-4,6,8-10,12H2,1H3,(H,17,18). The molecule has 1 N–H and O–H groups in total. The van der Waals surface area contributed by atoms with Gasteiger partial charge in [-0.2, -0.15) is 0 Å². The fourth-order valence-electron chi connectivity index (χ4n) is 3.35. The maximum absolute atomic E-state index is 12.6. The number of nitrogens with one attached hydrogen (secondary N) is 1.